The smallest absolute Gasteiger partial charge is 0.121 e. The molecule has 1 N–H and O–H groups in total. The van der Waals surface area contributed by atoms with Gasteiger partial charge in [-0.1, -0.05) is 0 Å². The van der Waals surface area contributed by atoms with E-state index in [2.05, 4.69) is 11.4 Å². The van der Waals surface area contributed by atoms with Crippen molar-refractivity contribution in [1.29, 1.82) is 0 Å². The maximum absolute atomic E-state index is 5.55. The van der Waals surface area contributed by atoms with Gasteiger partial charge in [-0.3, -0.25) is 0 Å². The topological polar surface area (TPSA) is 25.2 Å². The van der Waals surface area contributed by atoms with Crippen LogP contribution in [0.15, 0.2) is 16.5 Å². The fraction of sp³-hybridized carbons (Fsp3) is 0.556. The maximum Gasteiger partial charge on any atom is 0.121 e. The zero-order chi connectivity index (χ0) is 8.39. The summed E-state index contributed by atoms with van der Waals surface area (Å²) in [7, 11) is 0. The second kappa shape index (κ2) is 3.54. The van der Waals surface area contributed by atoms with E-state index >= 15 is 0 Å². The minimum Gasteiger partial charge on any atom is -0.465 e. The first-order valence-electron chi connectivity index (χ1n) is 4.24. The summed E-state index contributed by atoms with van der Waals surface area (Å²) in [5.41, 5.74) is 0. The Morgan fingerprint density at radius 3 is 3.08 bits per heavy atom. The van der Waals surface area contributed by atoms with Crippen molar-refractivity contribution in [2.24, 2.45) is 0 Å². The van der Waals surface area contributed by atoms with Gasteiger partial charge in [0.25, 0.3) is 0 Å². The molecule has 0 saturated carbocycles. The van der Waals surface area contributed by atoms with E-state index in [1.807, 2.05) is 24.8 Å². The molecule has 3 heteroatoms. The first-order chi connectivity index (χ1) is 5.86. The number of hydrogen-bond acceptors (Lipinski definition) is 3. The quantitative estimate of drug-likeness (QED) is 0.720. The van der Waals surface area contributed by atoms with Crippen LogP contribution in [0, 0.1) is 6.92 Å². The third kappa shape index (κ3) is 1.67. The maximum atomic E-state index is 5.55. The average molecular weight is 183 g/mol. The van der Waals surface area contributed by atoms with Crippen molar-refractivity contribution in [3.05, 3.63) is 23.7 Å². The summed E-state index contributed by atoms with van der Waals surface area (Å²) in [6.07, 6.45) is 0. The molecule has 0 amide bonds. The highest BCUT2D eigenvalue weighted by molar-refractivity contribution is 7.99. The van der Waals surface area contributed by atoms with E-state index in [-0.39, 0.29) is 0 Å². The zero-order valence-corrected chi connectivity index (χ0v) is 7.99. The van der Waals surface area contributed by atoms with Crippen molar-refractivity contribution in [3.8, 4) is 0 Å². The molecule has 0 spiro atoms. The van der Waals surface area contributed by atoms with E-state index in [0.29, 0.717) is 6.04 Å². The molecule has 1 aliphatic rings. The van der Waals surface area contributed by atoms with Crippen molar-refractivity contribution in [1.82, 2.24) is 5.32 Å². The van der Waals surface area contributed by atoms with Crippen LogP contribution >= 0.6 is 11.8 Å². The molecule has 0 unspecified atom stereocenters. The number of aryl methyl sites for hydroxylation is 1. The second-order valence-corrected chi connectivity index (χ2v) is 4.18. The van der Waals surface area contributed by atoms with Gasteiger partial charge in [0.2, 0.25) is 0 Å². The van der Waals surface area contributed by atoms with Gasteiger partial charge in [-0.15, -0.1) is 0 Å². The number of hydrogen-bond donors (Lipinski definition) is 1. The van der Waals surface area contributed by atoms with Crippen LogP contribution in [0.5, 0.6) is 0 Å². The Kier molecular flexibility index (Phi) is 2.42. The lowest BCUT2D eigenvalue weighted by molar-refractivity contribution is 0.422. The number of nitrogens with one attached hydrogen (secondary N) is 1. The third-order valence-electron chi connectivity index (χ3n) is 2.03. The predicted octanol–water partition coefficient (Wildman–Crippen LogP) is 1.97. The summed E-state index contributed by atoms with van der Waals surface area (Å²) in [5.74, 6) is 4.44. The summed E-state index contributed by atoms with van der Waals surface area (Å²) < 4.78 is 5.55. The van der Waals surface area contributed by atoms with Gasteiger partial charge in [0.05, 0.1) is 6.04 Å². The van der Waals surface area contributed by atoms with Gasteiger partial charge in [0.15, 0.2) is 0 Å². The Hall–Kier alpha value is -0.410. The zero-order valence-electron chi connectivity index (χ0n) is 7.17. The number of furan rings is 1. The van der Waals surface area contributed by atoms with E-state index in [1.54, 1.807) is 0 Å². The van der Waals surface area contributed by atoms with Crippen molar-refractivity contribution in [2.45, 2.75) is 13.0 Å². The lowest BCUT2D eigenvalue weighted by Gasteiger charge is -2.20. The Bertz CT molecular complexity index is 253. The van der Waals surface area contributed by atoms with E-state index in [4.69, 9.17) is 4.42 Å². The molecule has 0 bridgehead atoms. The Morgan fingerprint density at radius 2 is 2.50 bits per heavy atom. The number of thioether (sulfide) groups is 1. The second-order valence-electron chi connectivity index (χ2n) is 3.03. The van der Waals surface area contributed by atoms with Crippen molar-refractivity contribution < 1.29 is 4.42 Å². The van der Waals surface area contributed by atoms with Crippen LogP contribution in [-0.4, -0.2) is 18.1 Å². The van der Waals surface area contributed by atoms with Gasteiger partial charge in [0, 0.05) is 18.1 Å². The average Bonchev–Trinajstić information content (AvgIpc) is 2.54. The molecule has 1 saturated heterocycles. The summed E-state index contributed by atoms with van der Waals surface area (Å²) in [6.45, 7) is 3.08. The van der Waals surface area contributed by atoms with Crippen LogP contribution in [0.25, 0.3) is 0 Å². The molecule has 1 fully saturated rings. The van der Waals surface area contributed by atoms with E-state index in [1.165, 1.54) is 5.75 Å². The largest absolute Gasteiger partial charge is 0.465 e. The SMILES string of the molecule is Cc1ccc([C@H]2CSCCN2)o1. The van der Waals surface area contributed by atoms with Crippen LogP contribution in [-0.2, 0) is 0 Å². The Morgan fingerprint density at radius 1 is 1.58 bits per heavy atom. The lowest BCUT2D eigenvalue weighted by atomic mass is 10.2. The Labute approximate surface area is 76.7 Å². The predicted molar refractivity (Wildman–Crippen MR) is 51.5 cm³/mol. The monoisotopic (exact) mass is 183 g/mol. The summed E-state index contributed by atoms with van der Waals surface area (Å²) in [5, 5.41) is 3.43. The van der Waals surface area contributed by atoms with Gasteiger partial charge in [0.1, 0.15) is 11.5 Å². The molecular formula is C9H13NOS. The molecule has 0 aliphatic carbocycles. The molecular weight excluding hydrogens is 170 g/mol. The van der Waals surface area contributed by atoms with Crippen LogP contribution in [0.1, 0.15) is 17.6 Å². The first-order valence-corrected chi connectivity index (χ1v) is 5.39. The molecule has 2 nitrogen and oxygen atoms in total. The van der Waals surface area contributed by atoms with Crippen LogP contribution < -0.4 is 5.32 Å². The summed E-state index contributed by atoms with van der Waals surface area (Å²) >= 11 is 1.98. The lowest BCUT2D eigenvalue weighted by Crippen LogP contribution is -2.29. The normalized spacial score (nSPS) is 24.2. The van der Waals surface area contributed by atoms with Gasteiger partial charge in [-0.25, -0.2) is 0 Å². The Balaban J connectivity index is 2.08. The highest BCUT2D eigenvalue weighted by Gasteiger charge is 2.17. The van der Waals surface area contributed by atoms with E-state index in [0.717, 1.165) is 23.8 Å². The fourth-order valence-electron chi connectivity index (χ4n) is 1.39. The molecule has 1 atom stereocenters. The molecule has 1 aromatic rings. The van der Waals surface area contributed by atoms with Crippen LogP contribution in [0.2, 0.25) is 0 Å². The molecule has 1 aliphatic heterocycles. The van der Waals surface area contributed by atoms with Gasteiger partial charge >= 0.3 is 0 Å². The van der Waals surface area contributed by atoms with Crippen LogP contribution in [0.3, 0.4) is 0 Å². The third-order valence-corrected chi connectivity index (χ3v) is 3.09. The van der Waals surface area contributed by atoms with E-state index < -0.39 is 0 Å². The van der Waals surface area contributed by atoms with Gasteiger partial charge < -0.3 is 9.73 Å². The molecule has 0 aromatic carbocycles. The van der Waals surface area contributed by atoms with Crippen molar-refractivity contribution in [3.63, 3.8) is 0 Å². The molecule has 2 rings (SSSR count). The summed E-state index contributed by atoms with van der Waals surface area (Å²) in [4.78, 5) is 0. The molecule has 2 heterocycles. The van der Waals surface area contributed by atoms with Crippen molar-refractivity contribution in [2.75, 3.05) is 18.1 Å². The highest BCUT2D eigenvalue weighted by Crippen LogP contribution is 2.23. The summed E-state index contributed by atoms with van der Waals surface area (Å²) in [6, 6.07) is 4.52. The minimum atomic E-state index is 0.428. The van der Waals surface area contributed by atoms with E-state index in [9.17, 15) is 0 Å². The fourth-order valence-corrected chi connectivity index (χ4v) is 2.34. The van der Waals surface area contributed by atoms with Crippen molar-refractivity contribution >= 4 is 11.8 Å². The highest BCUT2D eigenvalue weighted by atomic mass is 32.2. The molecule has 1 aromatic heterocycles. The van der Waals surface area contributed by atoms with Crippen LogP contribution in [0.4, 0.5) is 0 Å². The standard InChI is InChI=1S/C9H13NOS/c1-7-2-3-9(11-7)8-6-12-5-4-10-8/h2-3,8,10H,4-6H2,1H3/t8-/m1/s1. The first kappa shape index (κ1) is 8.20. The number of rotatable bonds is 1. The van der Waals surface area contributed by atoms with Gasteiger partial charge in [-0.05, 0) is 19.1 Å². The minimum absolute atomic E-state index is 0.428. The van der Waals surface area contributed by atoms with Gasteiger partial charge in [-0.2, -0.15) is 11.8 Å². The molecule has 12 heavy (non-hydrogen) atoms. The molecule has 66 valence electrons. The molecule has 0 radical (unpaired) electrons.